The molecule has 3 aliphatic rings. The molecule has 0 aliphatic heterocycles. The van der Waals surface area contributed by atoms with Gasteiger partial charge in [0.15, 0.2) is 0 Å². The lowest BCUT2D eigenvalue weighted by Crippen LogP contribution is -2.55. The van der Waals surface area contributed by atoms with Crippen molar-refractivity contribution in [1.29, 1.82) is 0 Å². The van der Waals surface area contributed by atoms with Crippen LogP contribution in [0.25, 0.3) is 10.9 Å². The van der Waals surface area contributed by atoms with Crippen LogP contribution < -0.4 is 16.6 Å². The Morgan fingerprint density at radius 3 is 2.42 bits per heavy atom. The van der Waals surface area contributed by atoms with Crippen molar-refractivity contribution in [3.8, 4) is 0 Å². The first-order valence-electron chi connectivity index (χ1n) is 10.9. The normalized spacial score (nSPS) is 22.8. The van der Waals surface area contributed by atoms with E-state index in [0.717, 1.165) is 48.1 Å². The molecule has 3 fully saturated rings. The van der Waals surface area contributed by atoms with E-state index < -0.39 is 46.7 Å². The van der Waals surface area contributed by atoms with E-state index in [2.05, 4.69) is 10.3 Å². The van der Waals surface area contributed by atoms with Gasteiger partial charge in [-0.25, -0.2) is 22.5 Å². The number of carbonyl (C=O) groups excluding carboxylic acids is 1. The maximum Gasteiger partial charge on any atom is 0.329 e. The number of carbonyl (C=O) groups is 1. The molecule has 1 amide bonds. The molecule has 1 unspecified atom stereocenters. The van der Waals surface area contributed by atoms with Crippen LogP contribution in [0.2, 0.25) is 0 Å². The van der Waals surface area contributed by atoms with Crippen molar-refractivity contribution < 1.29 is 18.0 Å². The van der Waals surface area contributed by atoms with E-state index in [1.54, 1.807) is 0 Å². The fraction of sp³-hybridized carbons (Fsp3) is 0.375. The van der Waals surface area contributed by atoms with Crippen LogP contribution in [-0.4, -0.2) is 15.5 Å². The second-order valence-electron chi connectivity index (χ2n) is 9.39. The largest absolute Gasteiger partial charge is 0.348 e. The van der Waals surface area contributed by atoms with E-state index in [1.165, 1.54) is 19.1 Å². The summed E-state index contributed by atoms with van der Waals surface area (Å²) in [6, 6.07) is 4.53. The van der Waals surface area contributed by atoms with E-state index in [9.17, 15) is 27.6 Å². The Bertz CT molecular complexity index is 1380. The number of fused-ring (bicyclic) bond motifs is 1. The molecule has 3 aliphatic carbocycles. The van der Waals surface area contributed by atoms with E-state index in [0.29, 0.717) is 5.92 Å². The van der Waals surface area contributed by atoms with Gasteiger partial charge in [-0.15, -0.1) is 0 Å². The first-order valence-corrected chi connectivity index (χ1v) is 10.9. The Morgan fingerprint density at radius 2 is 1.79 bits per heavy atom. The third-order valence-corrected chi connectivity index (χ3v) is 7.08. The number of nitrogens with one attached hydrogen (secondary N) is 2. The van der Waals surface area contributed by atoms with E-state index in [4.69, 9.17) is 0 Å². The van der Waals surface area contributed by atoms with Gasteiger partial charge in [-0.3, -0.25) is 9.59 Å². The Balaban J connectivity index is 1.53. The van der Waals surface area contributed by atoms with E-state index in [-0.39, 0.29) is 28.3 Å². The number of benzene rings is 2. The molecule has 3 saturated carbocycles. The summed E-state index contributed by atoms with van der Waals surface area (Å²) >= 11 is 0. The minimum atomic E-state index is -1.15. The lowest BCUT2D eigenvalue weighted by Gasteiger charge is -2.63. The summed E-state index contributed by atoms with van der Waals surface area (Å²) in [6.07, 6.45) is 3.05. The van der Waals surface area contributed by atoms with Gasteiger partial charge in [-0.1, -0.05) is 6.07 Å². The smallest absolute Gasteiger partial charge is 0.329 e. The van der Waals surface area contributed by atoms with Gasteiger partial charge < -0.3 is 10.3 Å². The summed E-state index contributed by atoms with van der Waals surface area (Å²) in [5.74, 6) is -2.20. The van der Waals surface area contributed by atoms with Gasteiger partial charge in [0, 0.05) is 11.6 Å². The fourth-order valence-electron chi connectivity index (χ4n) is 5.34. The quantitative estimate of drug-likeness (QED) is 0.592. The molecule has 3 aromatic rings. The Hall–Kier alpha value is -3.36. The highest BCUT2D eigenvalue weighted by Gasteiger charge is 2.57. The number of amides is 1. The second kappa shape index (κ2) is 7.60. The predicted molar refractivity (Wildman–Crippen MR) is 115 cm³/mol. The van der Waals surface area contributed by atoms with Crippen LogP contribution >= 0.6 is 0 Å². The summed E-state index contributed by atoms with van der Waals surface area (Å²) in [7, 11) is 0. The van der Waals surface area contributed by atoms with Crippen molar-refractivity contribution >= 4 is 16.8 Å². The first kappa shape index (κ1) is 21.5. The summed E-state index contributed by atoms with van der Waals surface area (Å²) in [5, 5.41) is 2.63. The van der Waals surface area contributed by atoms with Crippen molar-refractivity contribution in [3.05, 3.63) is 80.3 Å². The molecule has 1 heterocycles. The molecule has 0 spiro atoms. The minimum Gasteiger partial charge on any atom is -0.348 e. The fourth-order valence-corrected chi connectivity index (χ4v) is 5.34. The van der Waals surface area contributed by atoms with Gasteiger partial charge in [-0.2, -0.15) is 0 Å². The average Bonchev–Trinajstić information content (AvgIpc) is 2.68. The molecule has 6 rings (SSSR count). The van der Waals surface area contributed by atoms with Gasteiger partial charge in [-0.05, 0) is 68.2 Å². The highest BCUT2D eigenvalue weighted by atomic mass is 19.1. The number of H-pyrrole nitrogens is 1. The summed E-state index contributed by atoms with van der Waals surface area (Å²) in [5.41, 5.74) is -1.39. The molecule has 2 bridgehead atoms. The SMILES string of the molecule is C[C@H](NC(=O)C(CC12CC(C1)C2)n1c(=O)[nH]c2ccc(F)cc2c1=O)c1ccc(F)cc1F. The molecule has 0 saturated heterocycles. The number of rotatable bonds is 6. The van der Waals surface area contributed by atoms with Gasteiger partial charge in [0.05, 0.1) is 16.9 Å². The predicted octanol–water partition coefficient (Wildman–Crippen LogP) is 3.72. The Kier molecular flexibility index (Phi) is 4.95. The third kappa shape index (κ3) is 3.65. The highest BCUT2D eigenvalue weighted by Crippen LogP contribution is 2.67. The van der Waals surface area contributed by atoms with Gasteiger partial charge in [0.25, 0.3) is 5.56 Å². The molecule has 0 radical (unpaired) electrons. The number of halogens is 3. The zero-order chi connectivity index (χ0) is 23.5. The summed E-state index contributed by atoms with van der Waals surface area (Å²) < 4.78 is 42.1. The third-order valence-electron chi connectivity index (χ3n) is 7.08. The van der Waals surface area contributed by atoms with Crippen LogP contribution in [-0.2, 0) is 4.79 Å². The standard InChI is InChI=1S/C24H22F3N3O3/c1-12(16-4-2-15(26)7-18(16)27)28-21(31)20(11-24-8-13(9-24)10-24)30-22(32)17-6-14(25)3-5-19(17)29-23(30)33/h2-7,12-13,20H,8-11H2,1H3,(H,28,31)(H,29,33)/t12-,13?,20?,24?/m0/s1. The zero-order valence-corrected chi connectivity index (χ0v) is 17.8. The molecule has 6 nitrogen and oxygen atoms in total. The van der Waals surface area contributed by atoms with E-state index in [1.807, 2.05) is 0 Å². The lowest BCUT2D eigenvalue weighted by atomic mass is 9.43. The van der Waals surface area contributed by atoms with Crippen molar-refractivity contribution in [2.45, 2.75) is 44.7 Å². The summed E-state index contributed by atoms with van der Waals surface area (Å²) in [6.45, 7) is 1.54. The Morgan fingerprint density at radius 1 is 1.12 bits per heavy atom. The number of hydrogen-bond acceptors (Lipinski definition) is 3. The van der Waals surface area contributed by atoms with Crippen LogP contribution in [0.1, 0.15) is 50.3 Å². The molecular weight excluding hydrogens is 435 g/mol. The lowest BCUT2D eigenvalue weighted by molar-refractivity contribution is -0.140. The van der Waals surface area contributed by atoms with Gasteiger partial charge in [0.2, 0.25) is 5.91 Å². The number of nitrogens with zero attached hydrogens (tertiary/aromatic N) is 1. The van der Waals surface area contributed by atoms with Crippen molar-refractivity contribution in [1.82, 2.24) is 14.9 Å². The van der Waals surface area contributed by atoms with Crippen molar-refractivity contribution in [3.63, 3.8) is 0 Å². The van der Waals surface area contributed by atoms with E-state index >= 15 is 0 Å². The molecule has 172 valence electrons. The summed E-state index contributed by atoms with van der Waals surface area (Å²) in [4.78, 5) is 42.0. The molecule has 2 aromatic carbocycles. The first-order chi connectivity index (χ1) is 15.7. The monoisotopic (exact) mass is 457 g/mol. The van der Waals surface area contributed by atoms with Crippen LogP contribution in [0.15, 0.2) is 46.0 Å². The molecule has 33 heavy (non-hydrogen) atoms. The van der Waals surface area contributed by atoms with Crippen LogP contribution in [0, 0.1) is 28.8 Å². The Labute approximate surface area is 186 Å². The topological polar surface area (TPSA) is 84.0 Å². The molecule has 2 atom stereocenters. The highest BCUT2D eigenvalue weighted by molar-refractivity contribution is 5.82. The number of aromatic nitrogens is 2. The molecular formula is C24H22F3N3O3. The van der Waals surface area contributed by atoms with Crippen LogP contribution in [0.3, 0.4) is 0 Å². The number of hydrogen-bond donors (Lipinski definition) is 2. The molecule has 2 N–H and O–H groups in total. The van der Waals surface area contributed by atoms with Crippen molar-refractivity contribution in [2.75, 3.05) is 0 Å². The maximum atomic E-state index is 14.2. The maximum absolute atomic E-state index is 14.2. The molecule has 9 heteroatoms. The minimum absolute atomic E-state index is 0.0392. The average molecular weight is 457 g/mol. The zero-order valence-electron chi connectivity index (χ0n) is 17.8. The van der Waals surface area contributed by atoms with Crippen LogP contribution in [0.4, 0.5) is 13.2 Å². The van der Waals surface area contributed by atoms with Gasteiger partial charge in [0.1, 0.15) is 23.5 Å². The number of aromatic amines is 1. The van der Waals surface area contributed by atoms with Crippen LogP contribution in [0.5, 0.6) is 0 Å². The molecule has 1 aromatic heterocycles. The second-order valence-corrected chi connectivity index (χ2v) is 9.39. The van der Waals surface area contributed by atoms with Gasteiger partial charge >= 0.3 is 5.69 Å². The van der Waals surface area contributed by atoms with Crippen molar-refractivity contribution in [2.24, 2.45) is 11.3 Å².